The van der Waals surface area contributed by atoms with Gasteiger partial charge in [-0.2, -0.15) is 0 Å². The molecule has 1 N–H and O–H groups in total. The fourth-order valence-corrected chi connectivity index (χ4v) is 2.34. The van der Waals surface area contributed by atoms with Gasteiger partial charge in [0.05, 0.1) is 6.10 Å². The first-order chi connectivity index (χ1) is 9.33. The van der Waals surface area contributed by atoms with Gasteiger partial charge in [-0.3, -0.25) is 0 Å². The van der Waals surface area contributed by atoms with Gasteiger partial charge in [-0.25, -0.2) is 0 Å². The zero-order chi connectivity index (χ0) is 13.9. The Labute approximate surface area is 117 Å². The third-order valence-electron chi connectivity index (χ3n) is 3.17. The quantitative estimate of drug-likeness (QED) is 0.659. The van der Waals surface area contributed by atoms with Crippen LogP contribution in [0, 0.1) is 0 Å². The van der Waals surface area contributed by atoms with Gasteiger partial charge < -0.3 is 14.8 Å². The number of likely N-dealkylation sites (N-methyl/N-ethyl adjacent to an activating group) is 1. The third-order valence-corrected chi connectivity index (χ3v) is 3.17. The normalized spacial score (nSPS) is 14.3. The van der Waals surface area contributed by atoms with Crippen molar-refractivity contribution in [3.8, 4) is 0 Å². The molecule has 0 amide bonds. The molecule has 3 nitrogen and oxygen atoms in total. The van der Waals surface area contributed by atoms with Crippen molar-refractivity contribution in [2.24, 2.45) is 0 Å². The van der Waals surface area contributed by atoms with Gasteiger partial charge in [-0.05, 0) is 31.9 Å². The van der Waals surface area contributed by atoms with Crippen molar-refractivity contribution in [1.29, 1.82) is 0 Å². The lowest BCUT2D eigenvalue weighted by Crippen LogP contribution is -2.36. The van der Waals surface area contributed by atoms with Crippen LogP contribution in [0.1, 0.15) is 38.4 Å². The minimum Gasteiger partial charge on any atom is -0.385 e. The Morgan fingerprint density at radius 3 is 2.47 bits per heavy atom. The fourth-order valence-electron chi connectivity index (χ4n) is 2.34. The molecule has 0 fully saturated rings. The SMILES string of the molecule is CCNC(CCCOC)C(OCC)c1ccccc1. The van der Waals surface area contributed by atoms with Crippen LogP contribution in [0.3, 0.4) is 0 Å². The average Bonchev–Trinajstić information content (AvgIpc) is 2.45. The molecule has 0 saturated carbocycles. The summed E-state index contributed by atoms with van der Waals surface area (Å²) >= 11 is 0. The maximum Gasteiger partial charge on any atom is 0.0977 e. The summed E-state index contributed by atoms with van der Waals surface area (Å²) in [5.41, 5.74) is 1.24. The van der Waals surface area contributed by atoms with Crippen molar-refractivity contribution in [3.05, 3.63) is 35.9 Å². The summed E-state index contributed by atoms with van der Waals surface area (Å²) in [4.78, 5) is 0. The van der Waals surface area contributed by atoms with E-state index in [4.69, 9.17) is 9.47 Å². The van der Waals surface area contributed by atoms with Gasteiger partial charge in [-0.1, -0.05) is 37.3 Å². The summed E-state index contributed by atoms with van der Waals surface area (Å²) in [5, 5.41) is 3.54. The van der Waals surface area contributed by atoms with Crippen LogP contribution in [0.4, 0.5) is 0 Å². The van der Waals surface area contributed by atoms with E-state index in [1.165, 1.54) is 5.56 Å². The smallest absolute Gasteiger partial charge is 0.0977 e. The van der Waals surface area contributed by atoms with Gasteiger partial charge in [0, 0.05) is 26.4 Å². The van der Waals surface area contributed by atoms with Crippen molar-refractivity contribution in [2.75, 3.05) is 26.9 Å². The van der Waals surface area contributed by atoms with Crippen molar-refractivity contribution >= 4 is 0 Å². The summed E-state index contributed by atoms with van der Waals surface area (Å²) in [6.07, 6.45) is 2.22. The second-order valence-electron chi connectivity index (χ2n) is 4.59. The second kappa shape index (κ2) is 9.96. The van der Waals surface area contributed by atoms with E-state index in [1.807, 2.05) is 13.0 Å². The van der Waals surface area contributed by atoms with E-state index in [0.717, 1.165) is 32.6 Å². The molecule has 2 unspecified atom stereocenters. The van der Waals surface area contributed by atoms with E-state index in [2.05, 4.69) is 36.5 Å². The van der Waals surface area contributed by atoms with Crippen LogP contribution in [0.2, 0.25) is 0 Å². The molecule has 0 radical (unpaired) electrons. The molecular formula is C16H27NO2. The predicted molar refractivity (Wildman–Crippen MR) is 79.4 cm³/mol. The molecule has 0 spiro atoms. The largest absolute Gasteiger partial charge is 0.385 e. The van der Waals surface area contributed by atoms with E-state index in [1.54, 1.807) is 7.11 Å². The molecular weight excluding hydrogens is 238 g/mol. The van der Waals surface area contributed by atoms with E-state index in [9.17, 15) is 0 Å². The van der Waals surface area contributed by atoms with Gasteiger partial charge >= 0.3 is 0 Å². The van der Waals surface area contributed by atoms with Gasteiger partial charge in [0.25, 0.3) is 0 Å². The van der Waals surface area contributed by atoms with Crippen LogP contribution in [-0.4, -0.2) is 32.9 Å². The molecule has 0 bridgehead atoms. The highest BCUT2D eigenvalue weighted by molar-refractivity contribution is 5.19. The lowest BCUT2D eigenvalue weighted by molar-refractivity contribution is 0.0288. The van der Waals surface area contributed by atoms with Crippen LogP contribution < -0.4 is 5.32 Å². The number of ether oxygens (including phenoxy) is 2. The minimum atomic E-state index is 0.114. The number of nitrogens with one attached hydrogen (secondary N) is 1. The lowest BCUT2D eigenvalue weighted by Gasteiger charge is -2.28. The Bertz CT molecular complexity index is 316. The molecule has 0 aliphatic rings. The van der Waals surface area contributed by atoms with Crippen LogP contribution in [0.15, 0.2) is 30.3 Å². The maximum absolute atomic E-state index is 5.97. The monoisotopic (exact) mass is 265 g/mol. The highest BCUT2D eigenvalue weighted by Gasteiger charge is 2.22. The van der Waals surface area contributed by atoms with E-state index < -0.39 is 0 Å². The third kappa shape index (κ3) is 5.72. The molecule has 0 heterocycles. The molecule has 0 saturated heterocycles. The number of rotatable bonds is 10. The van der Waals surface area contributed by atoms with Crippen molar-refractivity contribution in [2.45, 2.75) is 38.8 Å². The zero-order valence-electron chi connectivity index (χ0n) is 12.4. The summed E-state index contributed by atoms with van der Waals surface area (Å²) in [6, 6.07) is 10.8. The maximum atomic E-state index is 5.97. The molecule has 1 aromatic carbocycles. The standard InChI is InChI=1S/C16H27NO2/c1-4-17-15(12-9-13-18-3)16(19-5-2)14-10-7-6-8-11-14/h6-8,10-11,15-17H,4-5,9,12-13H2,1-3H3. The van der Waals surface area contributed by atoms with Crippen molar-refractivity contribution < 1.29 is 9.47 Å². The van der Waals surface area contributed by atoms with Crippen LogP contribution >= 0.6 is 0 Å². The Morgan fingerprint density at radius 1 is 1.16 bits per heavy atom. The number of hydrogen-bond acceptors (Lipinski definition) is 3. The molecule has 108 valence electrons. The zero-order valence-corrected chi connectivity index (χ0v) is 12.4. The molecule has 2 atom stereocenters. The van der Waals surface area contributed by atoms with Gasteiger partial charge in [0.15, 0.2) is 0 Å². The topological polar surface area (TPSA) is 30.5 Å². The van der Waals surface area contributed by atoms with E-state index >= 15 is 0 Å². The van der Waals surface area contributed by atoms with Crippen LogP contribution in [0.25, 0.3) is 0 Å². The summed E-state index contributed by atoms with van der Waals surface area (Å²) in [6.45, 7) is 6.67. The Morgan fingerprint density at radius 2 is 1.89 bits per heavy atom. The first-order valence-corrected chi connectivity index (χ1v) is 7.22. The highest BCUT2D eigenvalue weighted by Crippen LogP contribution is 2.24. The van der Waals surface area contributed by atoms with Gasteiger partial charge in [0.2, 0.25) is 0 Å². The number of benzene rings is 1. The predicted octanol–water partition coefficient (Wildman–Crippen LogP) is 3.17. The fraction of sp³-hybridized carbons (Fsp3) is 0.625. The van der Waals surface area contributed by atoms with E-state index in [-0.39, 0.29) is 6.10 Å². The molecule has 0 aliphatic heterocycles. The number of hydrogen-bond donors (Lipinski definition) is 1. The first kappa shape index (κ1) is 16.2. The van der Waals surface area contributed by atoms with Crippen LogP contribution in [0.5, 0.6) is 0 Å². The molecule has 0 aliphatic carbocycles. The lowest BCUT2D eigenvalue weighted by atomic mass is 9.98. The van der Waals surface area contributed by atoms with E-state index in [0.29, 0.717) is 6.04 Å². The molecule has 19 heavy (non-hydrogen) atoms. The molecule has 1 rings (SSSR count). The molecule has 1 aromatic rings. The number of methoxy groups -OCH3 is 1. The van der Waals surface area contributed by atoms with Gasteiger partial charge in [-0.15, -0.1) is 0 Å². The Kier molecular flexibility index (Phi) is 8.47. The summed E-state index contributed by atoms with van der Waals surface area (Å²) in [5.74, 6) is 0. The summed E-state index contributed by atoms with van der Waals surface area (Å²) in [7, 11) is 1.75. The van der Waals surface area contributed by atoms with Gasteiger partial charge in [0.1, 0.15) is 0 Å². The molecule has 0 aromatic heterocycles. The Balaban J connectivity index is 2.73. The second-order valence-corrected chi connectivity index (χ2v) is 4.59. The summed E-state index contributed by atoms with van der Waals surface area (Å²) < 4.78 is 11.1. The minimum absolute atomic E-state index is 0.114. The first-order valence-electron chi connectivity index (χ1n) is 7.22. The highest BCUT2D eigenvalue weighted by atomic mass is 16.5. The molecule has 3 heteroatoms. The van der Waals surface area contributed by atoms with Crippen molar-refractivity contribution in [3.63, 3.8) is 0 Å². The van der Waals surface area contributed by atoms with Crippen LogP contribution in [-0.2, 0) is 9.47 Å². The average molecular weight is 265 g/mol. The Hall–Kier alpha value is -0.900. The van der Waals surface area contributed by atoms with Crippen molar-refractivity contribution in [1.82, 2.24) is 5.32 Å².